The van der Waals surface area contributed by atoms with Crippen molar-refractivity contribution in [3.63, 3.8) is 0 Å². The van der Waals surface area contributed by atoms with Crippen molar-refractivity contribution in [2.24, 2.45) is 5.10 Å². The third-order valence-corrected chi connectivity index (χ3v) is 5.96. The molecule has 0 radical (unpaired) electrons. The number of thioether (sulfide) groups is 1. The number of ether oxygens (including phenoxy) is 1. The van der Waals surface area contributed by atoms with Gasteiger partial charge in [-0.25, -0.2) is 0 Å². The summed E-state index contributed by atoms with van der Waals surface area (Å²) in [6.07, 6.45) is 5.15. The van der Waals surface area contributed by atoms with Gasteiger partial charge in [0.15, 0.2) is 5.17 Å². The van der Waals surface area contributed by atoms with E-state index >= 15 is 0 Å². The molecular weight excluding hydrogens is 460 g/mol. The molecule has 0 fully saturated rings. The number of pyridine rings is 1. The van der Waals surface area contributed by atoms with Crippen molar-refractivity contribution in [1.29, 1.82) is 10.5 Å². The molecule has 0 saturated heterocycles. The number of aromatic nitrogens is 1. The highest BCUT2D eigenvalue weighted by atomic mass is 32.2. The first kappa shape index (κ1) is 25.3. The van der Waals surface area contributed by atoms with E-state index in [1.807, 2.05) is 24.3 Å². The lowest BCUT2D eigenvalue weighted by atomic mass is 9.99. The third-order valence-electron chi connectivity index (χ3n) is 4.92. The van der Waals surface area contributed by atoms with Gasteiger partial charge < -0.3 is 4.74 Å². The van der Waals surface area contributed by atoms with Crippen LogP contribution < -0.4 is 15.5 Å². The molecule has 176 valence electrons. The van der Waals surface area contributed by atoms with Gasteiger partial charge in [0.1, 0.15) is 5.75 Å². The molecule has 2 heterocycles. The first-order valence-corrected chi connectivity index (χ1v) is 11.8. The van der Waals surface area contributed by atoms with E-state index in [4.69, 9.17) is 10.00 Å². The zero-order valence-electron chi connectivity index (χ0n) is 19.4. The molecule has 1 amide bonds. The van der Waals surface area contributed by atoms with Gasteiger partial charge in [-0.15, -0.1) is 0 Å². The Morgan fingerprint density at radius 1 is 1.11 bits per heavy atom. The number of carbonyl (C=O) groups excluding carboxylic acids is 1. The smallest absolute Gasteiger partial charge is 0.258 e. The van der Waals surface area contributed by atoms with Gasteiger partial charge in [-0.2, -0.15) is 15.6 Å². The summed E-state index contributed by atoms with van der Waals surface area (Å²) < 4.78 is 5.40. The van der Waals surface area contributed by atoms with Gasteiger partial charge in [-0.05, 0) is 42.8 Å². The summed E-state index contributed by atoms with van der Waals surface area (Å²) in [6, 6.07) is 20.0. The molecule has 8 nitrogen and oxygen atoms in total. The first-order valence-electron chi connectivity index (χ1n) is 10.9. The Balaban J connectivity index is 0.000000363. The van der Waals surface area contributed by atoms with Crippen molar-refractivity contribution in [1.82, 2.24) is 15.7 Å². The second kappa shape index (κ2) is 12.8. The molecule has 3 aromatic rings. The Hall–Kier alpha value is -4.34. The topological polar surface area (TPSA) is 123 Å². The molecule has 2 N–H and O–H groups in total. The van der Waals surface area contributed by atoms with E-state index in [1.165, 1.54) is 11.8 Å². The number of nitriles is 2. The minimum Gasteiger partial charge on any atom is -0.496 e. The fourth-order valence-corrected chi connectivity index (χ4v) is 4.22. The number of amides is 1. The fourth-order valence-electron chi connectivity index (χ4n) is 3.23. The number of nitrogens with zero attached hydrogens (tertiary/aromatic N) is 4. The van der Waals surface area contributed by atoms with E-state index in [1.54, 1.807) is 55.9 Å². The van der Waals surface area contributed by atoms with Gasteiger partial charge in [0.2, 0.25) is 0 Å². The van der Waals surface area contributed by atoms with Crippen molar-refractivity contribution in [2.45, 2.75) is 25.1 Å². The Labute approximate surface area is 208 Å². The second-order valence-electron chi connectivity index (χ2n) is 7.32. The average molecular weight is 485 g/mol. The fraction of sp³-hybridized carbons (Fsp3) is 0.192. The summed E-state index contributed by atoms with van der Waals surface area (Å²) in [5, 5.41) is 25.2. The van der Waals surface area contributed by atoms with E-state index in [-0.39, 0.29) is 11.3 Å². The molecule has 1 aromatic heterocycles. The Kier molecular flexibility index (Phi) is 9.23. The highest BCUT2D eigenvalue weighted by Crippen LogP contribution is 2.33. The summed E-state index contributed by atoms with van der Waals surface area (Å²) in [5.41, 5.74) is 5.86. The predicted molar refractivity (Wildman–Crippen MR) is 136 cm³/mol. The zero-order chi connectivity index (χ0) is 25.0. The van der Waals surface area contributed by atoms with E-state index in [0.29, 0.717) is 38.7 Å². The van der Waals surface area contributed by atoms with Gasteiger partial charge in [-0.3, -0.25) is 20.5 Å². The number of hydrogen-bond donors (Lipinski definition) is 2. The standard InChI is InChI=1S/C19H19N5O2S.C7H5N/c1-3-4-17-23-24-19(27-17)22-18(25)13-7-8-21-11-15(13)14-9-12(10-20)5-6-16(14)26-2;8-6-7-4-2-1-3-5-7/h5-9,11,17,23H,3-4H2,1-2H3,(H,22,24,25);1-5H. The minimum absolute atomic E-state index is 0.176. The molecule has 0 aliphatic carbocycles. The highest BCUT2D eigenvalue weighted by Gasteiger charge is 2.22. The Bertz CT molecular complexity index is 1280. The molecule has 2 aromatic carbocycles. The number of hydrogen-bond acceptors (Lipinski definition) is 8. The molecule has 1 aliphatic heterocycles. The van der Waals surface area contributed by atoms with E-state index in [0.717, 1.165) is 12.8 Å². The van der Waals surface area contributed by atoms with Crippen LogP contribution in [0.15, 0.2) is 72.1 Å². The van der Waals surface area contributed by atoms with Gasteiger partial charge in [0.25, 0.3) is 5.91 Å². The van der Waals surface area contributed by atoms with Crippen LogP contribution in [0.1, 0.15) is 41.3 Å². The van der Waals surface area contributed by atoms with Crippen LogP contribution >= 0.6 is 11.8 Å². The van der Waals surface area contributed by atoms with Crippen LogP contribution in [0.4, 0.5) is 0 Å². The maximum absolute atomic E-state index is 12.8. The Morgan fingerprint density at radius 3 is 2.54 bits per heavy atom. The predicted octanol–water partition coefficient (Wildman–Crippen LogP) is 4.65. The van der Waals surface area contributed by atoms with Crippen LogP contribution in [0.25, 0.3) is 11.1 Å². The second-order valence-corrected chi connectivity index (χ2v) is 8.51. The lowest BCUT2D eigenvalue weighted by Gasteiger charge is -2.13. The molecule has 0 spiro atoms. The molecule has 1 unspecified atom stereocenters. The SMILES string of the molecule is CCCC1NN=C(NC(=O)c2ccncc2-c2cc(C#N)ccc2OC)S1.N#Cc1ccccc1. The number of methoxy groups -OCH3 is 1. The molecule has 4 rings (SSSR count). The summed E-state index contributed by atoms with van der Waals surface area (Å²) >= 11 is 1.50. The minimum atomic E-state index is -0.290. The van der Waals surface area contributed by atoms with Crippen LogP contribution in [0.3, 0.4) is 0 Å². The van der Waals surface area contributed by atoms with Crippen molar-refractivity contribution in [3.8, 4) is 29.0 Å². The van der Waals surface area contributed by atoms with Gasteiger partial charge in [0.05, 0.1) is 41.3 Å². The van der Waals surface area contributed by atoms with Crippen LogP contribution in [0.2, 0.25) is 0 Å². The molecule has 1 aliphatic rings. The third kappa shape index (κ3) is 6.83. The van der Waals surface area contributed by atoms with Crippen LogP contribution in [-0.4, -0.2) is 28.5 Å². The van der Waals surface area contributed by atoms with Crippen LogP contribution in [0.5, 0.6) is 5.75 Å². The summed E-state index contributed by atoms with van der Waals surface area (Å²) in [5.74, 6) is 0.273. The number of nitrogens with one attached hydrogen (secondary N) is 2. The van der Waals surface area contributed by atoms with E-state index < -0.39 is 0 Å². The molecule has 0 bridgehead atoms. The molecule has 9 heteroatoms. The number of benzene rings is 2. The molecular formula is C26H24N6O2S. The maximum atomic E-state index is 12.8. The molecule has 35 heavy (non-hydrogen) atoms. The van der Waals surface area contributed by atoms with Gasteiger partial charge in [0, 0.05) is 23.5 Å². The van der Waals surface area contributed by atoms with E-state index in [2.05, 4.69) is 33.8 Å². The van der Waals surface area contributed by atoms with Gasteiger partial charge in [-0.1, -0.05) is 43.3 Å². The lowest BCUT2D eigenvalue weighted by Crippen LogP contribution is -2.28. The summed E-state index contributed by atoms with van der Waals surface area (Å²) in [7, 11) is 1.55. The number of hydrazone groups is 1. The quantitative estimate of drug-likeness (QED) is 0.540. The number of rotatable bonds is 5. The monoisotopic (exact) mass is 484 g/mol. The Morgan fingerprint density at radius 2 is 1.89 bits per heavy atom. The van der Waals surface area contributed by atoms with Crippen molar-refractivity contribution in [3.05, 3.63) is 83.7 Å². The van der Waals surface area contributed by atoms with Crippen molar-refractivity contribution in [2.75, 3.05) is 7.11 Å². The first-order chi connectivity index (χ1) is 17.1. The highest BCUT2D eigenvalue weighted by molar-refractivity contribution is 8.14. The normalized spacial score (nSPS) is 13.7. The van der Waals surface area contributed by atoms with Crippen molar-refractivity contribution < 1.29 is 9.53 Å². The number of carbonyl (C=O) groups is 1. The number of amidine groups is 1. The average Bonchev–Trinajstić information content (AvgIpc) is 3.36. The lowest BCUT2D eigenvalue weighted by molar-refractivity contribution is 0.0978. The van der Waals surface area contributed by atoms with E-state index in [9.17, 15) is 10.1 Å². The zero-order valence-corrected chi connectivity index (χ0v) is 20.2. The largest absolute Gasteiger partial charge is 0.496 e. The summed E-state index contributed by atoms with van der Waals surface area (Å²) in [4.78, 5) is 17.0. The van der Waals surface area contributed by atoms with Crippen LogP contribution in [0, 0.1) is 22.7 Å². The maximum Gasteiger partial charge on any atom is 0.258 e. The molecule has 1 atom stereocenters. The molecule has 0 saturated carbocycles. The van der Waals surface area contributed by atoms with Gasteiger partial charge >= 0.3 is 0 Å². The van der Waals surface area contributed by atoms with Crippen molar-refractivity contribution >= 4 is 22.8 Å². The van der Waals surface area contributed by atoms with Crippen LogP contribution in [-0.2, 0) is 0 Å². The summed E-state index contributed by atoms with van der Waals surface area (Å²) in [6.45, 7) is 2.10.